The van der Waals surface area contributed by atoms with Crippen molar-refractivity contribution in [3.05, 3.63) is 252 Å². The Hall–Kier alpha value is -7.28. The van der Waals surface area contributed by atoms with Gasteiger partial charge in [-0.05, 0) is 223 Å². The summed E-state index contributed by atoms with van der Waals surface area (Å²) >= 11 is 0. The maximum atomic E-state index is 2.46. The van der Waals surface area contributed by atoms with Gasteiger partial charge in [0, 0.05) is 5.92 Å². The third-order valence-corrected chi connectivity index (χ3v) is 16.9. The van der Waals surface area contributed by atoms with E-state index in [0.29, 0.717) is 5.92 Å². The Labute approximate surface area is 384 Å². The first-order valence-electron chi connectivity index (χ1n) is 24.5. The molecule has 310 valence electrons. The molecule has 0 fully saturated rings. The van der Waals surface area contributed by atoms with Gasteiger partial charge in [-0.25, -0.2) is 0 Å². The summed E-state index contributed by atoms with van der Waals surface area (Å²) in [5, 5.41) is 17.8. The minimum atomic E-state index is 0.500. The lowest BCUT2D eigenvalue weighted by molar-refractivity contribution is 0.777. The van der Waals surface area contributed by atoms with Gasteiger partial charge in [0.2, 0.25) is 0 Å². The van der Waals surface area contributed by atoms with Crippen LogP contribution < -0.4 is 0 Å². The summed E-state index contributed by atoms with van der Waals surface area (Å²) in [5.41, 5.74) is 26.2. The number of rotatable bonds is 0. The van der Waals surface area contributed by atoms with E-state index < -0.39 is 0 Å². The van der Waals surface area contributed by atoms with E-state index in [2.05, 4.69) is 164 Å². The van der Waals surface area contributed by atoms with Crippen LogP contribution in [0.1, 0.15) is 107 Å². The maximum absolute atomic E-state index is 2.46. The van der Waals surface area contributed by atoms with E-state index in [0.717, 1.165) is 38.5 Å². The number of hydrogen-bond acceptors (Lipinski definition) is 0. The number of benzene rings is 11. The molecule has 7 aliphatic carbocycles. The quantitative estimate of drug-likeness (QED) is 0.134. The fourth-order valence-electron chi connectivity index (χ4n) is 14.5. The van der Waals surface area contributed by atoms with Crippen LogP contribution in [0.25, 0.3) is 70.7 Å². The van der Waals surface area contributed by atoms with Gasteiger partial charge in [-0.15, -0.1) is 0 Å². The molecule has 0 atom stereocenters. The first kappa shape index (κ1) is 36.0. The topological polar surface area (TPSA) is 0 Å². The molecule has 0 heteroatoms. The second-order valence-electron chi connectivity index (χ2n) is 20.4. The SMILES string of the molecule is C1=Cc2cc3cccc4c3c3c2c(cc2cccc(c23)C4)C1.c1cc2c3c(c1)Cc1cccc4c1C3c1c(cccc1C4)C2.c1cc2c3c(c1)cc1c4c(cc5cccc(c5c43)C2)CCC1. The molecule has 0 amide bonds. The molecule has 0 bridgehead atoms. The van der Waals surface area contributed by atoms with Crippen molar-refractivity contribution in [3.8, 4) is 0 Å². The van der Waals surface area contributed by atoms with E-state index in [1.54, 1.807) is 72.0 Å². The van der Waals surface area contributed by atoms with Crippen molar-refractivity contribution in [1.82, 2.24) is 0 Å². The number of hydrogen-bond donors (Lipinski definition) is 0. The predicted molar refractivity (Wildman–Crippen MR) is 277 cm³/mol. The Balaban J connectivity index is 0.0000000877. The van der Waals surface area contributed by atoms with Gasteiger partial charge in [0.15, 0.2) is 0 Å². The van der Waals surface area contributed by atoms with Crippen molar-refractivity contribution in [2.75, 3.05) is 0 Å². The zero-order chi connectivity index (χ0) is 42.8. The van der Waals surface area contributed by atoms with E-state index >= 15 is 0 Å². The smallest absolute Gasteiger partial charge is 0.0357 e. The van der Waals surface area contributed by atoms with E-state index in [9.17, 15) is 0 Å². The molecule has 0 saturated carbocycles. The van der Waals surface area contributed by atoms with Crippen LogP contribution in [0.15, 0.2) is 158 Å². The molecule has 7 aliphatic rings. The molecule has 0 heterocycles. The summed E-state index contributed by atoms with van der Waals surface area (Å²) in [6, 6.07) is 57.8. The first-order chi connectivity index (χ1) is 32.7. The van der Waals surface area contributed by atoms with Gasteiger partial charge in [0.25, 0.3) is 0 Å². The average Bonchev–Trinajstić information content (AvgIpc) is 3.35. The fraction of sp³-hybridized carbons (Fsp3) is 0.152. The van der Waals surface area contributed by atoms with Gasteiger partial charge in [-0.1, -0.05) is 158 Å². The zero-order valence-corrected chi connectivity index (χ0v) is 37.0. The highest BCUT2D eigenvalue weighted by atomic mass is 14.4. The highest BCUT2D eigenvalue weighted by molar-refractivity contribution is 6.27. The molecule has 11 aromatic carbocycles. The summed E-state index contributed by atoms with van der Waals surface area (Å²) in [4.78, 5) is 0. The van der Waals surface area contributed by atoms with Crippen molar-refractivity contribution >= 4 is 70.7 Å². The molecule has 66 heavy (non-hydrogen) atoms. The van der Waals surface area contributed by atoms with Gasteiger partial charge in [0.1, 0.15) is 0 Å². The monoisotopic (exact) mass is 838 g/mol. The van der Waals surface area contributed by atoms with Gasteiger partial charge < -0.3 is 0 Å². The lowest BCUT2D eigenvalue weighted by atomic mass is 9.63. The van der Waals surface area contributed by atoms with Gasteiger partial charge in [-0.2, -0.15) is 0 Å². The molecule has 0 spiro atoms. The van der Waals surface area contributed by atoms with Crippen LogP contribution in [-0.2, 0) is 51.4 Å². The number of aryl methyl sites for hydroxylation is 2. The highest BCUT2D eigenvalue weighted by Gasteiger charge is 2.38. The summed E-state index contributed by atoms with van der Waals surface area (Å²) in [6.07, 6.45) is 14.9. The van der Waals surface area contributed by atoms with E-state index in [1.165, 1.54) is 107 Å². The third kappa shape index (κ3) is 4.84. The van der Waals surface area contributed by atoms with E-state index in [4.69, 9.17) is 0 Å². The van der Waals surface area contributed by atoms with Gasteiger partial charge in [-0.3, -0.25) is 0 Å². The van der Waals surface area contributed by atoms with Gasteiger partial charge in [0.05, 0.1) is 0 Å². The highest BCUT2D eigenvalue weighted by Crippen LogP contribution is 2.53. The minimum Gasteiger partial charge on any atom is -0.0795 e. The Morgan fingerprint density at radius 3 is 1.08 bits per heavy atom. The lowest BCUT2D eigenvalue weighted by Gasteiger charge is -2.40. The Morgan fingerprint density at radius 2 is 0.636 bits per heavy atom. The normalized spacial score (nSPS) is 15.5. The molecule has 0 saturated heterocycles. The van der Waals surface area contributed by atoms with Crippen molar-refractivity contribution < 1.29 is 0 Å². The summed E-state index contributed by atoms with van der Waals surface area (Å²) < 4.78 is 0. The lowest BCUT2D eigenvalue weighted by Crippen LogP contribution is -2.27. The summed E-state index contributed by atoms with van der Waals surface area (Å²) in [6.45, 7) is 0. The summed E-state index contributed by atoms with van der Waals surface area (Å²) in [7, 11) is 0. The zero-order valence-electron chi connectivity index (χ0n) is 37.0. The second kappa shape index (κ2) is 13.2. The van der Waals surface area contributed by atoms with Crippen molar-refractivity contribution in [3.63, 3.8) is 0 Å². The van der Waals surface area contributed by atoms with Gasteiger partial charge >= 0.3 is 0 Å². The van der Waals surface area contributed by atoms with Crippen molar-refractivity contribution in [2.24, 2.45) is 0 Å². The molecule has 0 N–H and O–H groups in total. The first-order valence-corrected chi connectivity index (χ1v) is 24.5. The fourth-order valence-corrected chi connectivity index (χ4v) is 14.5. The van der Waals surface area contributed by atoms with Crippen LogP contribution in [0.2, 0.25) is 0 Å². The van der Waals surface area contributed by atoms with E-state index in [1.807, 2.05) is 0 Å². The van der Waals surface area contributed by atoms with Crippen LogP contribution in [0.5, 0.6) is 0 Å². The third-order valence-electron chi connectivity index (χ3n) is 16.9. The number of allylic oxidation sites excluding steroid dienone is 1. The molecular formula is C66H46. The van der Waals surface area contributed by atoms with Crippen LogP contribution in [0, 0.1) is 0 Å². The second-order valence-corrected chi connectivity index (χ2v) is 20.4. The Morgan fingerprint density at radius 1 is 0.288 bits per heavy atom. The van der Waals surface area contributed by atoms with E-state index in [-0.39, 0.29) is 0 Å². The minimum absolute atomic E-state index is 0.500. The molecule has 0 radical (unpaired) electrons. The van der Waals surface area contributed by atoms with Crippen LogP contribution >= 0.6 is 0 Å². The van der Waals surface area contributed by atoms with Crippen LogP contribution in [-0.4, -0.2) is 0 Å². The molecule has 11 aromatic rings. The molecule has 0 unspecified atom stereocenters. The average molecular weight is 839 g/mol. The molecule has 0 nitrogen and oxygen atoms in total. The van der Waals surface area contributed by atoms with Crippen molar-refractivity contribution in [1.29, 1.82) is 0 Å². The Kier molecular flexibility index (Phi) is 7.19. The largest absolute Gasteiger partial charge is 0.0795 e. The molecule has 0 aliphatic heterocycles. The molecule has 0 aromatic heterocycles. The summed E-state index contributed by atoms with van der Waals surface area (Å²) in [5.74, 6) is 0.500. The van der Waals surface area contributed by atoms with Crippen molar-refractivity contribution in [2.45, 2.75) is 63.7 Å². The Bertz CT molecular complexity index is 3760. The molecular weight excluding hydrogens is 793 g/mol. The standard InChI is InChI=1S/2C22H16.C22H14/c3*1-4-13-10-15-6-2-8-17-12-18-9-3-7-16-11-14(5-1)19(13)22(20(15)17)21(16)18/h1-2,4-6,8,11-12H,3,7,9-10H2;1-9,22H,10-12H2;1-8,11-12H,9-10H2. The molecule has 18 rings (SSSR count). The van der Waals surface area contributed by atoms with Crippen LogP contribution in [0.4, 0.5) is 0 Å². The maximum Gasteiger partial charge on any atom is 0.0357 e. The van der Waals surface area contributed by atoms with Crippen LogP contribution in [0.3, 0.4) is 0 Å². The predicted octanol–water partition coefficient (Wildman–Crippen LogP) is 15.7.